The molecule has 0 spiro atoms. The van der Waals surface area contributed by atoms with E-state index < -0.39 is 17.2 Å². The number of urea groups is 1. The van der Waals surface area contributed by atoms with Gasteiger partial charge in [-0.2, -0.15) is 0 Å². The average molecular weight is 410 g/mol. The first kappa shape index (κ1) is 19.7. The fourth-order valence-electron chi connectivity index (χ4n) is 2.78. The van der Waals surface area contributed by atoms with Crippen molar-refractivity contribution in [1.29, 1.82) is 0 Å². The summed E-state index contributed by atoms with van der Waals surface area (Å²) in [4.78, 5) is 22.9. The Morgan fingerprint density at radius 1 is 1.41 bits per heavy atom. The largest absolute Gasteiger partial charge is 0.376 e. The number of imide groups is 1. The highest BCUT2D eigenvalue weighted by atomic mass is 35.5. The number of aromatic nitrogens is 3. The van der Waals surface area contributed by atoms with Crippen LogP contribution in [0.1, 0.15) is 19.8 Å². The number of hydrogen-bond acceptors (Lipinski definition) is 6. The number of rotatable bonds is 6. The summed E-state index contributed by atoms with van der Waals surface area (Å²) in [7, 11) is 0. The minimum atomic E-state index is -0.880. The molecular formula is C17H20ClN5O3S. The third kappa shape index (κ3) is 5.00. The normalized spacial score (nSPS) is 17.6. The Morgan fingerprint density at radius 3 is 2.78 bits per heavy atom. The predicted octanol–water partition coefficient (Wildman–Crippen LogP) is 2.45. The number of nitrogens with zero attached hydrogens (tertiary/aromatic N) is 3. The zero-order valence-electron chi connectivity index (χ0n) is 14.7. The van der Waals surface area contributed by atoms with E-state index in [1.165, 1.54) is 11.8 Å². The standard InChI is InChI=1S/C17H20ClN5O3S/c1-10(15(24)20-16(19)25)27-17-22-21-14(11-4-6-12(18)7-5-11)23(17)9-13-3-2-8-26-13/h4-7,10,13H,2-3,8-9H2,1H3,(H3,19,20,24,25)/t10-,13-/m0/s1. The second-order valence-corrected chi connectivity index (χ2v) is 7.92. The van der Waals surface area contributed by atoms with Crippen LogP contribution in [-0.2, 0) is 16.1 Å². The highest BCUT2D eigenvalue weighted by molar-refractivity contribution is 8.00. The smallest absolute Gasteiger partial charge is 0.318 e. The molecule has 3 N–H and O–H groups in total. The molecule has 1 saturated heterocycles. The molecule has 144 valence electrons. The molecule has 1 aliphatic rings. The van der Waals surface area contributed by atoms with Gasteiger partial charge in [0.05, 0.1) is 17.9 Å². The van der Waals surface area contributed by atoms with Gasteiger partial charge in [-0.3, -0.25) is 14.7 Å². The number of carbonyl (C=O) groups excluding carboxylic acids is 2. The maximum absolute atomic E-state index is 12.0. The molecular weight excluding hydrogens is 390 g/mol. The van der Waals surface area contributed by atoms with Crippen molar-refractivity contribution >= 4 is 35.3 Å². The zero-order valence-corrected chi connectivity index (χ0v) is 16.3. The van der Waals surface area contributed by atoms with Gasteiger partial charge in [-0.25, -0.2) is 4.79 Å². The van der Waals surface area contributed by atoms with Gasteiger partial charge in [0.25, 0.3) is 0 Å². The lowest BCUT2D eigenvalue weighted by Crippen LogP contribution is -2.39. The minimum Gasteiger partial charge on any atom is -0.376 e. The van der Waals surface area contributed by atoms with Crippen LogP contribution >= 0.6 is 23.4 Å². The molecule has 2 aromatic rings. The molecule has 1 aliphatic heterocycles. The first-order chi connectivity index (χ1) is 12.9. The molecule has 3 rings (SSSR count). The molecule has 1 aromatic carbocycles. The van der Waals surface area contributed by atoms with Crippen LogP contribution in [-0.4, -0.2) is 44.7 Å². The van der Waals surface area contributed by atoms with Crippen LogP contribution in [0.15, 0.2) is 29.4 Å². The minimum absolute atomic E-state index is 0.0705. The Balaban J connectivity index is 1.87. The van der Waals surface area contributed by atoms with Crippen LogP contribution in [0.25, 0.3) is 11.4 Å². The number of hydrogen-bond donors (Lipinski definition) is 2. The molecule has 0 aliphatic carbocycles. The van der Waals surface area contributed by atoms with Crippen LogP contribution in [0.2, 0.25) is 5.02 Å². The third-order valence-electron chi connectivity index (χ3n) is 4.13. The SMILES string of the molecule is C[C@H](Sc1nnc(-c2ccc(Cl)cc2)n1C[C@@H]1CCCO1)C(=O)NC(N)=O. The predicted molar refractivity (Wildman–Crippen MR) is 102 cm³/mol. The molecule has 2 atom stereocenters. The van der Waals surface area contributed by atoms with Crippen LogP contribution in [0.4, 0.5) is 4.79 Å². The van der Waals surface area contributed by atoms with Crippen molar-refractivity contribution < 1.29 is 14.3 Å². The molecule has 2 heterocycles. The summed E-state index contributed by atoms with van der Waals surface area (Å²) in [6, 6.07) is 6.44. The van der Waals surface area contributed by atoms with E-state index in [0.717, 1.165) is 25.0 Å². The number of primary amides is 1. The summed E-state index contributed by atoms with van der Waals surface area (Å²) in [5.74, 6) is 0.194. The molecule has 3 amide bonds. The van der Waals surface area contributed by atoms with E-state index in [9.17, 15) is 9.59 Å². The second-order valence-electron chi connectivity index (χ2n) is 6.17. The molecule has 1 fully saturated rings. The molecule has 0 unspecified atom stereocenters. The Morgan fingerprint density at radius 2 is 2.15 bits per heavy atom. The lowest BCUT2D eigenvalue weighted by molar-refractivity contribution is -0.119. The summed E-state index contributed by atoms with van der Waals surface area (Å²) >= 11 is 7.19. The summed E-state index contributed by atoms with van der Waals surface area (Å²) in [5.41, 5.74) is 5.88. The van der Waals surface area contributed by atoms with Gasteiger partial charge in [0.1, 0.15) is 0 Å². The van der Waals surface area contributed by atoms with E-state index in [1.54, 1.807) is 19.1 Å². The first-order valence-corrected chi connectivity index (χ1v) is 9.77. The fourth-order valence-corrected chi connectivity index (χ4v) is 3.76. The van der Waals surface area contributed by atoms with Crippen molar-refractivity contribution in [1.82, 2.24) is 20.1 Å². The van der Waals surface area contributed by atoms with E-state index in [-0.39, 0.29) is 6.10 Å². The highest BCUT2D eigenvalue weighted by Crippen LogP contribution is 2.29. The van der Waals surface area contributed by atoms with Crippen molar-refractivity contribution in [3.05, 3.63) is 29.3 Å². The number of nitrogens with one attached hydrogen (secondary N) is 1. The fraction of sp³-hybridized carbons (Fsp3) is 0.412. The molecule has 0 saturated carbocycles. The van der Waals surface area contributed by atoms with Crippen LogP contribution in [0.3, 0.4) is 0 Å². The van der Waals surface area contributed by atoms with Crippen molar-refractivity contribution in [3.8, 4) is 11.4 Å². The van der Waals surface area contributed by atoms with Gasteiger partial charge in [0.15, 0.2) is 11.0 Å². The number of ether oxygens (including phenoxy) is 1. The van der Waals surface area contributed by atoms with Gasteiger partial charge in [0, 0.05) is 17.2 Å². The molecule has 8 nitrogen and oxygen atoms in total. The van der Waals surface area contributed by atoms with Crippen molar-refractivity contribution in [2.24, 2.45) is 5.73 Å². The maximum atomic E-state index is 12.0. The van der Waals surface area contributed by atoms with Gasteiger partial charge in [-0.05, 0) is 44.0 Å². The van der Waals surface area contributed by atoms with Crippen molar-refractivity contribution in [2.75, 3.05) is 6.61 Å². The van der Waals surface area contributed by atoms with E-state index >= 15 is 0 Å². The number of halogens is 1. The number of benzene rings is 1. The van der Waals surface area contributed by atoms with Crippen LogP contribution in [0.5, 0.6) is 0 Å². The maximum Gasteiger partial charge on any atom is 0.318 e. The lowest BCUT2D eigenvalue weighted by atomic mass is 10.2. The van der Waals surface area contributed by atoms with Gasteiger partial charge >= 0.3 is 6.03 Å². The second kappa shape index (κ2) is 8.73. The molecule has 0 bridgehead atoms. The van der Waals surface area contributed by atoms with E-state index in [2.05, 4.69) is 15.5 Å². The quantitative estimate of drug-likeness (QED) is 0.708. The Labute approximate surface area is 165 Å². The number of nitrogens with two attached hydrogens (primary N) is 1. The Hall–Kier alpha value is -2.10. The number of amides is 3. The summed E-state index contributed by atoms with van der Waals surface area (Å²) in [5, 5.41) is 11.3. The first-order valence-electron chi connectivity index (χ1n) is 8.51. The van der Waals surface area contributed by atoms with E-state index in [1.807, 2.05) is 16.7 Å². The van der Waals surface area contributed by atoms with Crippen LogP contribution in [0, 0.1) is 0 Å². The Bertz CT molecular complexity index is 820. The van der Waals surface area contributed by atoms with Crippen molar-refractivity contribution in [3.63, 3.8) is 0 Å². The van der Waals surface area contributed by atoms with Gasteiger partial charge in [-0.15, -0.1) is 10.2 Å². The number of thioether (sulfide) groups is 1. The third-order valence-corrected chi connectivity index (χ3v) is 5.46. The van der Waals surface area contributed by atoms with E-state index in [0.29, 0.717) is 22.5 Å². The van der Waals surface area contributed by atoms with Gasteiger partial charge in [0.2, 0.25) is 5.91 Å². The summed E-state index contributed by atoms with van der Waals surface area (Å²) < 4.78 is 7.69. The zero-order chi connectivity index (χ0) is 19.4. The summed E-state index contributed by atoms with van der Waals surface area (Å²) in [6.45, 7) is 3.00. The highest BCUT2D eigenvalue weighted by Gasteiger charge is 2.25. The molecule has 27 heavy (non-hydrogen) atoms. The number of carbonyl (C=O) groups is 2. The average Bonchev–Trinajstić information content (AvgIpc) is 3.26. The summed E-state index contributed by atoms with van der Waals surface area (Å²) in [6.07, 6.45) is 2.05. The Kier molecular flexibility index (Phi) is 6.35. The lowest BCUT2D eigenvalue weighted by Gasteiger charge is -2.16. The molecule has 1 aromatic heterocycles. The monoisotopic (exact) mass is 409 g/mol. The molecule has 10 heteroatoms. The molecule has 0 radical (unpaired) electrons. The topological polar surface area (TPSA) is 112 Å². The van der Waals surface area contributed by atoms with Gasteiger partial charge in [-0.1, -0.05) is 23.4 Å². The van der Waals surface area contributed by atoms with Crippen molar-refractivity contribution in [2.45, 2.75) is 42.8 Å². The van der Waals surface area contributed by atoms with E-state index in [4.69, 9.17) is 22.1 Å². The van der Waals surface area contributed by atoms with Gasteiger partial charge < -0.3 is 10.5 Å². The van der Waals surface area contributed by atoms with Crippen LogP contribution < -0.4 is 11.1 Å².